The van der Waals surface area contributed by atoms with E-state index in [1.807, 2.05) is 25.1 Å². The third-order valence-corrected chi connectivity index (χ3v) is 6.93. The molecule has 1 atom stereocenters. The highest BCUT2D eigenvalue weighted by molar-refractivity contribution is 7.27. The summed E-state index contributed by atoms with van der Waals surface area (Å²) in [6.45, 7) is 3.17. The number of rotatable bonds is 5. The molecule has 2 aliphatic rings. The number of aliphatic imine (C=N–C) groups is 2. The zero-order valence-corrected chi connectivity index (χ0v) is 20.9. The van der Waals surface area contributed by atoms with Crippen molar-refractivity contribution in [3.63, 3.8) is 0 Å². The molecule has 1 unspecified atom stereocenters. The molecular weight excluding hydrogens is 467 g/mol. The van der Waals surface area contributed by atoms with Crippen LogP contribution in [0.1, 0.15) is 60.9 Å². The van der Waals surface area contributed by atoms with Crippen molar-refractivity contribution in [3.05, 3.63) is 45.6 Å². The van der Waals surface area contributed by atoms with Gasteiger partial charge in [0.2, 0.25) is 5.75 Å². The number of amidine groups is 1. The van der Waals surface area contributed by atoms with E-state index in [4.69, 9.17) is 10.5 Å². The Morgan fingerprint density at radius 1 is 1.40 bits per heavy atom. The number of ether oxygens (including phenoxy) is 1. The van der Waals surface area contributed by atoms with Crippen LogP contribution >= 0.6 is 9.24 Å². The Morgan fingerprint density at radius 2 is 2.17 bits per heavy atom. The first-order chi connectivity index (χ1) is 16.9. The number of benzene rings is 1. The van der Waals surface area contributed by atoms with Crippen molar-refractivity contribution in [1.29, 1.82) is 0 Å². The molecule has 35 heavy (non-hydrogen) atoms. The molecule has 4 N–H and O–H groups in total. The number of nitrogens with one attached hydrogen (secondary N) is 1. The van der Waals surface area contributed by atoms with E-state index in [0.717, 1.165) is 36.6 Å². The van der Waals surface area contributed by atoms with E-state index in [1.165, 1.54) is 10.9 Å². The van der Waals surface area contributed by atoms with Crippen molar-refractivity contribution >= 4 is 38.3 Å². The van der Waals surface area contributed by atoms with E-state index in [-0.39, 0.29) is 12.2 Å². The van der Waals surface area contributed by atoms with E-state index in [2.05, 4.69) is 29.5 Å². The Kier molecular flexibility index (Phi) is 7.62. The van der Waals surface area contributed by atoms with Gasteiger partial charge in [0.25, 0.3) is 11.5 Å². The van der Waals surface area contributed by atoms with Gasteiger partial charge in [-0.15, -0.1) is 9.24 Å². The second kappa shape index (κ2) is 10.7. The molecule has 11 heteroatoms. The fourth-order valence-corrected chi connectivity index (χ4v) is 4.99. The number of hydrogen-bond donors (Lipinski definition) is 3. The van der Waals surface area contributed by atoms with Crippen molar-refractivity contribution in [3.8, 4) is 5.75 Å². The maximum absolute atomic E-state index is 13.1. The SMILES string of the molecule is CCC(N=CN)=Nc1cc(P)ccc1CNC(=O)c1nc2n(c(=O)c1O)CCOCC21CCCC1. The van der Waals surface area contributed by atoms with Crippen LogP contribution in [-0.2, 0) is 23.2 Å². The number of fused-ring (bicyclic) bond motifs is 2. The lowest BCUT2D eigenvalue weighted by molar-refractivity contribution is 0.0911. The predicted molar refractivity (Wildman–Crippen MR) is 138 cm³/mol. The molecule has 1 aromatic heterocycles. The average Bonchev–Trinajstić information content (AvgIpc) is 3.25. The summed E-state index contributed by atoms with van der Waals surface area (Å²) >= 11 is 0. The van der Waals surface area contributed by atoms with Gasteiger partial charge < -0.3 is 20.9 Å². The second-order valence-corrected chi connectivity index (χ2v) is 9.53. The summed E-state index contributed by atoms with van der Waals surface area (Å²) in [5.74, 6) is -0.185. The molecule has 10 nitrogen and oxygen atoms in total. The van der Waals surface area contributed by atoms with E-state index < -0.39 is 22.6 Å². The first-order valence-electron chi connectivity index (χ1n) is 11.8. The molecule has 1 saturated carbocycles. The van der Waals surface area contributed by atoms with Crippen LogP contribution in [0.15, 0.2) is 33.0 Å². The van der Waals surface area contributed by atoms with Crippen LogP contribution in [0, 0.1) is 0 Å². The van der Waals surface area contributed by atoms with Gasteiger partial charge in [0.05, 0.1) is 37.2 Å². The van der Waals surface area contributed by atoms with E-state index in [1.54, 1.807) is 0 Å². The molecule has 4 rings (SSSR count). The lowest BCUT2D eigenvalue weighted by Gasteiger charge is -2.28. The highest BCUT2D eigenvalue weighted by Gasteiger charge is 2.42. The van der Waals surface area contributed by atoms with Crippen LogP contribution in [0.3, 0.4) is 0 Å². The normalized spacial score (nSPS) is 17.5. The molecule has 186 valence electrons. The minimum absolute atomic E-state index is 0.125. The maximum Gasteiger partial charge on any atom is 0.296 e. The van der Waals surface area contributed by atoms with Gasteiger partial charge in [-0.3, -0.25) is 14.2 Å². The number of carbonyl (C=O) groups excluding carboxylic acids is 1. The fourth-order valence-electron chi connectivity index (χ4n) is 4.74. The maximum atomic E-state index is 13.1. The number of aromatic hydroxyl groups is 1. The van der Waals surface area contributed by atoms with Gasteiger partial charge in [-0.25, -0.2) is 15.0 Å². The summed E-state index contributed by atoms with van der Waals surface area (Å²) < 4.78 is 7.25. The van der Waals surface area contributed by atoms with Crippen molar-refractivity contribution in [2.45, 2.75) is 57.5 Å². The number of hydrogen-bond acceptors (Lipinski definition) is 6. The third-order valence-electron chi connectivity index (χ3n) is 6.57. The van der Waals surface area contributed by atoms with E-state index in [9.17, 15) is 14.7 Å². The van der Waals surface area contributed by atoms with Crippen LogP contribution in [-0.4, -0.2) is 46.0 Å². The monoisotopic (exact) mass is 498 g/mol. The van der Waals surface area contributed by atoms with Crippen LogP contribution in [0.4, 0.5) is 5.69 Å². The average molecular weight is 499 g/mol. The lowest BCUT2D eigenvalue weighted by atomic mass is 9.86. The van der Waals surface area contributed by atoms with Gasteiger partial charge in [-0.05, 0) is 29.8 Å². The molecule has 1 aromatic carbocycles. The molecule has 0 bridgehead atoms. The van der Waals surface area contributed by atoms with Crippen molar-refractivity contribution in [1.82, 2.24) is 14.9 Å². The predicted octanol–water partition coefficient (Wildman–Crippen LogP) is 1.65. The quantitative estimate of drug-likeness (QED) is 0.325. The minimum atomic E-state index is -0.648. The number of aromatic nitrogens is 2. The van der Waals surface area contributed by atoms with E-state index in [0.29, 0.717) is 43.5 Å². The Morgan fingerprint density at radius 3 is 2.89 bits per heavy atom. The summed E-state index contributed by atoms with van der Waals surface area (Å²) in [5.41, 5.74) is 5.53. The minimum Gasteiger partial charge on any atom is -0.501 e. The molecule has 2 heterocycles. The number of nitrogens with two attached hydrogens (primary N) is 1. The standard InChI is InChI=1S/C24H31N6O4P/c1-2-18(27-14-25)28-17-11-16(35)6-5-15(17)12-26-21(32)19-20(31)22(33)30-9-10-34-13-24(23(30)29-19)7-3-4-8-24/h5-6,11,14,31H,2-4,7-10,12-13,35H2,1H3,(H,26,32)(H2,25,27,28). The zero-order chi connectivity index (χ0) is 25.0. The first kappa shape index (κ1) is 25.0. The van der Waals surface area contributed by atoms with Gasteiger partial charge in [-0.2, -0.15) is 0 Å². The van der Waals surface area contributed by atoms with Crippen molar-refractivity contribution in [2.75, 3.05) is 13.2 Å². The van der Waals surface area contributed by atoms with Crippen LogP contribution < -0.4 is 21.9 Å². The van der Waals surface area contributed by atoms with Crippen molar-refractivity contribution < 1.29 is 14.6 Å². The van der Waals surface area contributed by atoms with Gasteiger partial charge >= 0.3 is 0 Å². The van der Waals surface area contributed by atoms with Crippen LogP contribution in [0.2, 0.25) is 0 Å². The molecule has 0 saturated heterocycles. The highest BCUT2D eigenvalue weighted by atomic mass is 31.0. The molecular formula is C24H31N6O4P. The van der Waals surface area contributed by atoms with Crippen LogP contribution in [0.25, 0.3) is 0 Å². The Balaban J connectivity index is 1.64. The molecule has 2 aromatic rings. The fraction of sp³-hybridized carbons (Fsp3) is 0.458. The summed E-state index contributed by atoms with van der Waals surface area (Å²) in [4.78, 5) is 39.3. The Labute approximate surface area is 205 Å². The van der Waals surface area contributed by atoms with Gasteiger partial charge in [0.15, 0.2) is 5.69 Å². The molecule has 1 fully saturated rings. The number of carbonyl (C=O) groups is 1. The molecule has 1 aliphatic carbocycles. The summed E-state index contributed by atoms with van der Waals surface area (Å²) in [6, 6.07) is 5.60. The largest absolute Gasteiger partial charge is 0.501 e. The summed E-state index contributed by atoms with van der Waals surface area (Å²) in [5, 5.41) is 14.3. The number of amides is 1. The second-order valence-electron chi connectivity index (χ2n) is 8.86. The highest BCUT2D eigenvalue weighted by Crippen LogP contribution is 2.41. The smallest absolute Gasteiger partial charge is 0.296 e. The van der Waals surface area contributed by atoms with Crippen LogP contribution in [0.5, 0.6) is 5.75 Å². The molecule has 1 spiro atoms. The zero-order valence-electron chi connectivity index (χ0n) is 19.8. The Bertz CT molecular complexity index is 1230. The summed E-state index contributed by atoms with van der Waals surface area (Å²) in [6.07, 6.45) is 5.46. The van der Waals surface area contributed by atoms with Gasteiger partial charge in [0.1, 0.15) is 11.7 Å². The molecule has 0 radical (unpaired) electrons. The molecule has 1 amide bonds. The van der Waals surface area contributed by atoms with Crippen molar-refractivity contribution in [2.24, 2.45) is 15.7 Å². The van der Waals surface area contributed by atoms with E-state index >= 15 is 0 Å². The topological polar surface area (TPSA) is 144 Å². The molecule has 1 aliphatic heterocycles. The summed E-state index contributed by atoms with van der Waals surface area (Å²) in [7, 11) is 2.61. The van der Waals surface area contributed by atoms with Gasteiger partial charge in [0, 0.05) is 13.0 Å². The van der Waals surface area contributed by atoms with Gasteiger partial charge in [-0.1, -0.05) is 31.9 Å². The Hall–Kier alpha value is -3.10. The first-order valence-corrected chi connectivity index (χ1v) is 12.4. The lowest BCUT2D eigenvalue weighted by Crippen LogP contribution is -2.38. The number of nitrogens with zero attached hydrogens (tertiary/aromatic N) is 4. The third kappa shape index (κ3) is 5.13.